The van der Waals surface area contributed by atoms with Gasteiger partial charge >= 0.3 is 0 Å². The smallest absolute Gasteiger partial charge is 0.0441 e. The molecule has 1 aliphatic heterocycles. The quantitative estimate of drug-likeness (QED) is 0.727. The van der Waals surface area contributed by atoms with Crippen molar-refractivity contribution in [3.8, 4) is 0 Å². The lowest BCUT2D eigenvalue weighted by Crippen LogP contribution is -1.85. The van der Waals surface area contributed by atoms with Crippen LogP contribution in [0.1, 0.15) is 5.56 Å². The van der Waals surface area contributed by atoms with Gasteiger partial charge in [0.2, 0.25) is 0 Å². The summed E-state index contributed by atoms with van der Waals surface area (Å²) in [5.74, 6) is 1.03. The van der Waals surface area contributed by atoms with Crippen LogP contribution in [-0.2, 0) is 6.42 Å². The number of thioether (sulfide) groups is 1. The number of allylic oxidation sites excluding steroid dienone is 2. The number of halogens is 1. The van der Waals surface area contributed by atoms with Crippen molar-refractivity contribution in [3.05, 3.63) is 58.0 Å². The zero-order chi connectivity index (χ0) is 9.97. The van der Waals surface area contributed by atoms with Crippen LogP contribution in [0.2, 0.25) is 5.02 Å². The first kappa shape index (κ1) is 9.88. The third-order valence-electron chi connectivity index (χ3n) is 2.13. The van der Waals surface area contributed by atoms with Crippen molar-refractivity contribution in [3.63, 3.8) is 0 Å². The molecule has 1 aliphatic rings. The highest BCUT2D eigenvalue weighted by Crippen LogP contribution is 2.31. The maximum atomic E-state index is 6.08. The van der Waals surface area contributed by atoms with Gasteiger partial charge < -0.3 is 0 Å². The minimum atomic E-state index is 0.853. The Bertz CT molecular complexity index is 393. The molecule has 0 bridgehead atoms. The zero-order valence-corrected chi connectivity index (χ0v) is 9.37. The molecule has 0 saturated heterocycles. The van der Waals surface area contributed by atoms with Crippen molar-refractivity contribution >= 4 is 23.4 Å². The van der Waals surface area contributed by atoms with Crippen LogP contribution in [0.4, 0.5) is 0 Å². The molecular weight excluding hydrogens is 212 g/mol. The molecule has 0 atom stereocenters. The third kappa shape index (κ3) is 2.23. The molecule has 72 valence electrons. The lowest BCUT2D eigenvalue weighted by molar-refractivity contribution is 1.25. The number of rotatable bonds is 2. The summed E-state index contributed by atoms with van der Waals surface area (Å²) >= 11 is 7.94. The Hall–Kier alpha value is -0.660. The normalized spacial score (nSPS) is 15.8. The van der Waals surface area contributed by atoms with Crippen molar-refractivity contribution in [1.29, 1.82) is 0 Å². The molecule has 0 radical (unpaired) electrons. The molecule has 0 unspecified atom stereocenters. The van der Waals surface area contributed by atoms with E-state index in [-0.39, 0.29) is 0 Å². The van der Waals surface area contributed by atoms with Gasteiger partial charge in [-0.05, 0) is 28.2 Å². The molecule has 2 rings (SSSR count). The van der Waals surface area contributed by atoms with Gasteiger partial charge in [-0.3, -0.25) is 0 Å². The minimum absolute atomic E-state index is 0.853. The molecule has 0 amide bonds. The van der Waals surface area contributed by atoms with E-state index in [0.29, 0.717) is 0 Å². The van der Waals surface area contributed by atoms with E-state index in [1.54, 1.807) is 0 Å². The van der Waals surface area contributed by atoms with Crippen molar-refractivity contribution in [2.75, 3.05) is 5.75 Å². The van der Waals surface area contributed by atoms with E-state index in [9.17, 15) is 0 Å². The summed E-state index contributed by atoms with van der Waals surface area (Å²) in [7, 11) is 0. The first-order chi connectivity index (χ1) is 6.75. The molecule has 0 N–H and O–H groups in total. The van der Waals surface area contributed by atoms with Crippen molar-refractivity contribution < 1.29 is 0 Å². The van der Waals surface area contributed by atoms with Gasteiger partial charge in [0.1, 0.15) is 0 Å². The molecule has 14 heavy (non-hydrogen) atoms. The highest BCUT2D eigenvalue weighted by atomic mass is 35.5. The van der Waals surface area contributed by atoms with Gasteiger partial charge in [-0.2, -0.15) is 0 Å². The largest absolute Gasteiger partial charge is 0.125 e. The Balaban J connectivity index is 2.15. The van der Waals surface area contributed by atoms with Gasteiger partial charge in [-0.15, -0.1) is 11.8 Å². The molecule has 1 aromatic carbocycles. The molecule has 1 aromatic rings. The van der Waals surface area contributed by atoms with Crippen LogP contribution >= 0.6 is 23.4 Å². The van der Waals surface area contributed by atoms with E-state index in [4.69, 9.17) is 11.6 Å². The molecule has 2 heteroatoms. The summed E-state index contributed by atoms with van der Waals surface area (Å²) in [6.07, 6.45) is 3.09. The number of hydrogen-bond acceptors (Lipinski definition) is 1. The highest BCUT2D eigenvalue weighted by Gasteiger charge is 2.10. The SMILES string of the molecule is C=C1C=C(Cc2ccccc2Cl)SC1. The molecule has 0 nitrogen and oxygen atoms in total. The van der Waals surface area contributed by atoms with E-state index in [0.717, 1.165) is 17.2 Å². The fourth-order valence-corrected chi connectivity index (χ4v) is 2.59. The molecular formula is C12H11ClS. The summed E-state index contributed by atoms with van der Waals surface area (Å²) in [6, 6.07) is 7.99. The number of hydrogen-bond donors (Lipinski definition) is 0. The molecule has 0 aliphatic carbocycles. The summed E-state index contributed by atoms with van der Waals surface area (Å²) in [6.45, 7) is 3.94. The Labute approximate surface area is 93.7 Å². The van der Waals surface area contributed by atoms with E-state index in [1.165, 1.54) is 16.0 Å². The molecule has 0 spiro atoms. The monoisotopic (exact) mass is 222 g/mol. The summed E-state index contributed by atoms with van der Waals surface area (Å²) < 4.78 is 0. The second-order valence-electron chi connectivity index (χ2n) is 3.33. The van der Waals surface area contributed by atoms with Gasteiger partial charge in [-0.25, -0.2) is 0 Å². The van der Waals surface area contributed by atoms with Crippen LogP contribution in [0, 0.1) is 0 Å². The van der Waals surface area contributed by atoms with Crippen LogP contribution in [-0.4, -0.2) is 5.75 Å². The van der Waals surface area contributed by atoms with Crippen LogP contribution in [0.15, 0.2) is 47.4 Å². The highest BCUT2D eigenvalue weighted by molar-refractivity contribution is 8.03. The van der Waals surface area contributed by atoms with Crippen LogP contribution in [0.5, 0.6) is 0 Å². The van der Waals surface area contributed by atoms with Crippen molar-refractivity contribution in [2.45, 2.75) is 6.42 Å². The Morgan fingerprint density at radius 3 is 2.79 bits per heavy atom. The Morgan fingerprint density at radius 1 is 1.36 bits per heavy atom. The Kier molecular flexibility index (Phi) is 2.99. The lowest BCUT2D eigenvalue weighted by atomic mass is 10.1. The second-order valence-corrected chi connectivity index (χ2v) is 4.83. The topological polar surface area (TPSA) is 0 Å². The van der Waals surface area contributed by atoms with Gasteiger partial charge in [0.25, 0.3) is 0 Å². The van der Waals surface area contributed by atoms with Crippen LogP contribution < -0.4 is 0 Å². The van der Waals surface area contributed by atoms with Gasteiger partial charge in [0.15, 0.2) is 0 Å². The summed E-state index contributed by atoms with van der Waals surface area (Å²) in [4.78, 5) is 1.36. The van der Waals surface area contributed by atoms with Crippen LogP contribution in [0.25, 0.3) is 0 Å². The fraction of sp³-hybridized carbons (Fsp3) is 0.167. The average Bonchev–Trinajstić information content (AvgIpc) is 2.56. The predicted molar refractivity (Wildman–Crippen MR) is 64.8 cm³/mol. The van der Waals surface area contributed by atoms with E-state index < -0.39 is 0 Å². The summed E-state index contributed by atoms with van der Waals surface area (Å²) in [5, 5.41) is 0.853. The van der Waals surface area contributed by atoms with Crippen LogP contribution in [0.3, 0.4) is 0 Å². The van der Waals surface area contributed by atoms with Crippen molar-refractivity contribution in [1.82, 2.24) is 0 Å². The second kappa shape index (κ2) is 4.24. The van der Waals surface area contributed by atoms with E-state index in [2.05, 4.69) is 18.7 Å². The molecule has 0 fully saturated rings. The van der Waals surface area contributed by atoms with E-state index >= 15 is 0 Å². The lowest BCUT2D eigenvalue weighted by Gasteiger charge is -2.03. The van der Waals surface area contributed by atoms with Gasteiger partial charge in [0.05, 0.1) is 0 Å². The maximum Gasteiger partial charge on any atom is 0.0441 e. The molecule has 0 aromatic heterocycles. The predicted octanol–water partition coefficient (Wildman–Crippen LogP) is 4.07. The minimum Gasteiger partial charge on any atom is -0.125 e. The average molecular weight is 223 g/mol. The van der Waals surface area contributed by atoms with Gasteiger partial charge in [-0.1, -0.05) is 36.4 Å². The molecule has 0 saturated carbocycles. The first-order valence-corrected chi connectivity index (χ1v) is 5.86. The molecule has 1 heterocycles. The number of benzene rings is 1. The van der Waals surface area contributed by atoms with E-state index in [1.807, 2.05) is 30.0 Å². The zero-order valence-electron chi connectivity index (χ0n) is 7.79. The van der Waals surface area contributed by atoms with Crippen molar-refractivity contribution in [2.24, 2.45) is 0 Å². The fourth-order valence-electron chi connectivity index (χ4n) is 1.43. The first-order valence-electron chi connectivity index (χ1n) is 4.50. The Morgan fingerprint density at radius 2 is 2.14 bits per heavy atom. The third-order valence-corrected chi connectivity index (χ3v) is 3.65. The standard InChI is InChI=1S/C12H11ClS/c1-9-6-11(14-8-9)7-10-4-2-3-5-12(10)13/h2-6H,1,7-8H2. The maximum absolute atomic E-state index is 6.08. The van der Waals surface area contributed by atoms with Gasteiger partial charge in [0, 0.05) is 17.2 Å². The summed E-state index contributed by atoms with van der Waals surface area (Å²) in [5.41, 5.74) is 2.40.